The van der Waals surface area contributed by atoms with Gasteiger partial charge in [-0.25, -0.2) is 4.79 Å². The van der Waals surface area contributed by atoms with Crippen LogP contribution in [0.3, 0.4) is 0 Å². The molecule has 0 radical (unpaired) electrons. The summed E-state index contributed by atoms with van der Waals surface area (Å²) in [6, 6.07) is 24.0. The molecule has 148 valence electrons. The van der Waals surface area contributed by atoms with Gasteiger partial charge in [-0.3, -0.25) is 4.79 Å². The van der Waals surface area contributed by atoms with Gasteiger partial charge in [-0.15, -0.1) is 0 Å². The lowest BCUT2D eigenvalue weighted by Crippen LogP contribution is -2.30. The highest BCUT2D eigenvalue weighted by Gasteiger charge is 2.19. The van der Waals surface area contributed by atoms with Crippen LogP contribution in [0.2, 0.25) is 0 Å². The highest BCUT2D eigenvalue weighted by Crippen LogP contribution is 2.20. The Morgan fingerprint density at radius 3 is 2.10 bits per heavy atom. The first-order valence-electron chi connectivity index (χ1n) is 9.47. The molecule has 0 aliphatic carbocycles. The molecule has 0 spiro atoms. The Morgan fingerprint density at radius 2 is 1.48 bits per heavy atom. The lowest BCUT2D eigenvalue weighted by atomic mass is 10.0. The van der Waals surface area contributed by atoms with Crippen LogP contribution in [0.4, 0.5) is 5.69 Å². The third kappa shape index (κ3) is 5.45. The first-order chi connectivity index (χ1) is 14.1. The predicted octanol–water partition coefficient (Wildman–Crippen LogP) is 4.94. The molecule has 3 rings (SSSR count). The topological polar surface area (TPSA) is 64.6 Å². The highest BCUT2D eigenvalue weighted by atomic mass is 16.5. The summed E-state index contributed by atoms with van der Waals surface area (Å²) in [6.45, 7) is 4.02. The Morgan fingerprint density at radius 1 is 0.862 bits per heavy atom. The molecular formula is C24H23NO4. The fourth-order valence-corrected chi connectivity index (χ4v) is 2.76. The standard InChI is InChI=1S/C24H23NO4/c1-3-28-22-15-13-21(14-16-22)25-23(26)17(2)29-24(27)20-11-9-19(10-12-20)18-7-5-4-6-8-18/h4-17H,3H2,1-2H3,(H,25,26)/t17-/m1/s1. The van der Waals surface area contributed by atoms with E-state index in [1.54, 1.807) is 43.3 Å². The molecule has 0 saturated carbocycles. The molecule has 0 aliphatic rings. The average molecular weight is 389 g/mol. The molecule has 0 saturated heterocycles. The van der Waals surface area contributed by atoms with Gasteiger partial charge in [0.1, 0.15) is 5.75 Å². The van der Waals surface area contributed by atoms with Crippen molar-refractivity contribution in [3.63, 3.8) is 0 Å². The average Bonchev–Trinajstić information content (AvgIpc) is 2.76. The maximum absolute atomic E-state index is 12.4. The summed E-state index contributed by atoms with van der Waals surface area (Å²) in [6.07, 6.45) is -0.928. The lowest BCUT2D eigenvalue weighted by Gasteiger charge is -2.14. The number of carbonyl (C=O) groups is 2. The van der Waals surface area contributed by atoms with Gasteiger partial charge in [0.05, 0.1) is 12.2 Å². The van der Waals surface area contributed by atoms with E-state index >= 15 is 0 Å². The van der Waals surface area contributed by atoms with E-state index in [-0.39, 0.29) is 0 Å². The predicted molar refractivity (Wildman–Crippen MR) is 113 cm³/mol. The van der Waals surface area contributed by atoms with Gasteiger partial charge in [-0.05, 0) is 61.4 Å². The van der Waals surface area contributed by atoms with Crippen LogP contribution in [0.5, 0.6) is 5.75 Å². The number of anilines is 1. The summed E-state index contributed by atoms with van der Waals surface area (Å²) in [4.78, 5) is 24.7. The van der Waals surface area contributed by atoms with Gasteiger partial charge < -0.3 is 14.8 Å². The van der Waals surface area contributed by atoms with Gasteiger partial charge >= 0.3 is 5.97 Å². The van der Waals surface area contributed by atoms with Gasteiger partial charge in [0, 0.05) is 5.69 Å². The van der Waals surface area contributed by atoms with Crippen molar-refractivity contribution in [2.24, 2.45) is 0 Å². The summed E-state index contributed by atoms with van der Waals surface area (Å²) in [5.74, 6) is -0.216. The van der Waals surface area contributed by atoms with Gasteiger partial charge in [-0.2, -0.15) is 0 Å². The third-order valence-electron chi connectivity index (χ3n) is 4.31. The lowest BCUT2D eigenvalue weighted by molar-refractivity contribution is -0.123. The van der Waals surface area contributed by atoms with E-state index in [9.17, 15) is 9.59 Å². The van der Waals surface area contributed by atoms with Crippen molar-refractivity contribution < 1.29 is 19.1 Å². The maximum atomic E-state index is 12.4. The van der Waals surface area contributed by atoms with E-state index < -0.39 is 18.0 Å². The van der Waals surface area contributed by atoms with Crippen LogP contribution >= 0.6 is 0 Å². The SMILES string of the molecule is CCOc1ccc(NC(=O)[C@@H](C)OC(=O)c2ccc(-c3ccccc3)cc2)cc1. The van der Waals surface area contributed by atoms with Gasteiger partial charge in [0.25, 0.3) is 5.91 Å². The summed E-state index contributed by atoms with van der Waals surface area (Å²) >= 11 is 0. The molecule has 29 heavy (non-hydrogen) atoms. The van der Waals surface area contributed by atoms with Crippen molar-refractivity contribution in [2.45, 2.75) is 20.0 Å². The van der Waals surface area contributed by atoms with E-state index in [2.05, 4.69) is 5.32 Å². The van der Waals surface area contributed by atoms with Gasteiger partial charge in [-0.1, -0.05) is 42.5 Å². The fraction of sp³-hybridized carbons (Fsp3) is 0.167. The minimum atomic E-state index is -0.928. The van der Waals surface area contributed by atoms with E-state index in [1.165, 1.54) is 0 Å². The number of nitrogens with one attached hydrogen (secondary N) is 1. The molecule has 0 bridgehead atoms. The van der Waals surface area contributed by atoms with Crippen LogP contribution in [0, 0.1) is 0 Å². The van der Waals surface area contributed by atoms with Crippen LogP contribution in [0.15, 0.2) is 78.9 Å². The number of benzene rings is 3. The van der Waals surface area contributed by atoms with E-state index in [4.69, 9.17) is 9.47 Å². The monoisotopic (exact) mass is 389 g/mol. The largest absolute Gasteiger partial charge is 0.494 e. The van der Waals surface area contributed by atoms with Crippen molar-refractivity contribution in [1.82, 2.24) is 0 Å². The van der Waals surface area contributed by atoms with Crippen molar-refractivity contribution in [3.05, 3.63) is 84.4 Å². The number of rotatable bonds is 7. The van der Waals surface area contributed by atoms with Gasteiger partial charge in [0.2, 0.25) is 0 Å². The molecule has 1 amide bonds. The zero-order valence-corrected chi connectivity index (χ0v) is 16.4. The first-order valence-corrected chi connectivity index (χ1v) is 9.47. The van der Waals surface area contributed by atoms with Gasteiger partial charge in [0.15, 0.2) is 6.10 Å². The molecule has 0 aliphatic heterocycles. The van der Waals surface area contributed by atoms with Crippen molar-refractivity contribution in [3.8, 4) is 16.9 Å². The van der Waals surface area contributed by atoms with Crippen molar-refractivity contribution in [2.75, 3.05) is 11.9 Å². The summed E-state index contributed by atoms with van der Waals surface area (Å²) < 4.78 is 10.7. The molecule has 0 unspecified atom stereocenters. The third-order valence-corrected chi connectivity index (χ3v) is 4.31. The Balaban J connectivity index is 1.57. The number of hydrogen-bond donors (Lipinski definition) is 1. The normalized spacial score (nSPS) is 11.4. The second-order valence-electron chi connectivity index (χ2n) is 6.44. The Kier molecular flexibility index (Phi) is 6.63. The molecule has 1 atom stereocenters. The number of hydrogen-bond acceptors (Lipinski definition) is 4. The molecule has 0 heterocycles. The smallest absolute Gasteiger partial charge is 0.338 e. The Labute approximate surface area is 170 Å². The molecule has 1 N–H and O–H groups in total. The van der Waals surface area contributed by atoms with Crippen LogP contribution in [-0.2, 0) is 9.53 Å². The zero-order chi connectivity index (χ0) is 20.6. The number of ether oxygens (including phenoxy) is 2. The second kappa shape index (κ2) is 9.55. The molecule has 0 fully saturated rings. The second-order valence-corrected chi connectivity index (χ2v) is 6.44. The zero-order valence-electron chi connectivity index (χ0n) is 16.4. The Hall–Kier alpha value is -3.60. The minimum Gasteiger partial charge on any atom is -0.494 e. The van der Waals surface area contributed by atoms with Crippen LogP contribution < -0.4 is 10.1 Å². The summed E-state index contributed by atoms with van der Waals surface area (Å²) in [5.41, 5.74) is 3.07. The van der Waals surface area contributed by atoms with Crippen LogP contribution in [0.25, 0.3) is 11.1 Å². The number of amides is 1. The van der Waals surface area contributed by atoms with E-state index in [0.29, 0.717) is 17.9 Å². The molecule has 5 heteroatoms. The van der Waals surface area contributed by atoms with E-state index in [0.717, 1.165) is 16.9 Å². The molecular weight excluding hydrogens is 366 g/mol. The molecule has 0 aromatic heterocycles. The van der Waals surface area contributed by atoms with Crippen molar-refractivity contribution in [1.29, 1.82) is 0 Å². The highest BCUT2D eigenvalue weighted by molar-refractivity contribution is 5.97. The van der Waals surface area contributed by atoms with Crippen molar-refractivity contribution >= 4 is 17.6 Å². The first kappa shape index (κ1) is 20.1. The molecule has 3 aromatic carbocycles. The quantitative estimate of drug-likeness (QED) is 0.582. The number of esters is 1. The van der Waals surface area contributed by atoms with Crippen LogP contribution in [0.1, 0.15) is 24.2 Å². The molecule has 3 aromatic rings. The number of carbonyl (C=O) groups excluding carboxylic acids is 2. The minimum absolute atomic E-state index is 0.394. The fourth-order valence-electron chi connectivity index (χ4n) is 2.76. The van der Waals surface area contributed by atoms with E-state index in [1.807, 2.05) is 49.4 Å². The Bertz CT molecular complexity index is 950. The maximum Gasteiger partial charge on any atom is 0.338 e. The molecule has 5 nitrogen and oxygen atoms in total. The van der Waals surface area contributed by atoms with Crippen LogP contribution in [-0.4, -0.2) is 24.6 Å². The summed E-state index contributed by atoms with van der Waals surface area (Å²) in [5, 5.41) is 2.73. The summed E-state index contributed by atoms with van der Waals surface area (Å²) in [7, 11) is 0.